The van der Waals surface area contributed by atoms with Crippen LogP contribution in [-0.4, -0.2) is 24.1 Å². The molecule has 2 rings (SSSR count). The molecule has 1 aliphatic rings. The summed E-state index contributed by atoms with van der Waals surface area (Å²) in [5, 5.41) is 0. The van der Waals surface area contributed by atoms with Crippen LogP contribution in [-0.2, 0) is 9.53 Å². The maximum Gasteiger partial charge on any atom is 0.302 e. The van der Waals surface area contributed by atoms with E-state index in [0.717, 1.165) is 12.8 Å². The highest BCUT2D eigenvalue weighted by Crippen LogP contribution is 2.20. The van der Waals surface area contributed by atoms with Gasteiger partial charge in [-0.25, -0.2) is 0 Å². The van der Waals surface area contributed by atoms with E-state index in [1.54, 1.807) is 31.2 Å². The average Bonchev–Trinajstić information content (AvgIpc) is 2.46. The summed E-state index contributed by atoms with van der Waals surface area (Å²) < 4.78 is 4.64. The Morgan fingerprint density at radius 1 is 1.14 bits per heavy atom. The topological polar surface area (TPSA) is 60.4 Å². The molecule has 0 saturated heterocycles. The summed E-state index contributed by atoms with van der Waals surface area (Å²) in [6.45, 7) is 5.72. The van der Waals surface area contributed by atoms with Crippen molar-refractivity contribution in [3.63, 3.8) is 0 Å². The van der Waals surface area contributed by atoms with Crippen molar-refractivity contribution in [3.8, 4) is 0 Å². The third-order valence-corrected chi connectivity index (χ3v) is 2.95. The monoisotopic (exact) mass is 288 g/mol. The van der Waals surface area contributed by atoms with Crippen LogP contribution >= 0.6 is 0 Å². The summed E-state index contributed by atoms with van der Waals surface area (Å²) in [4.78, 5) is 33.1. The number of esters is 1. The molecule has 0 heterocycles. The van der Waals surface area contributed by atoms with Crippen molar-refractivity contribution in [1.29, 1.82) is 0 Å². The first-order valence-corrected chi connectivity index (χ1v) is 6.97. The van der Waals surface area contributed by atoms with E-state index in [-0.39, 0.29) is 17.5 Å². The van der Waals surface area contributed by atoms with Crippen molar-refractivity contribution in [3.05, 3.63) is 47.0 Å². The fourth-order valence-corrected chi connectivity index (χ4v) is 1.81. The lowest BCUT2D eigenvalue weighted by Gasteiger charge is -2.11. The Hall–Kier alpha value is -2.23. The number of carbonyl (C=O) groups is 3. The number of Topliss-reactive ketones (excluding diaryl/α,β-unsaturated/α-hetero) is 1. The van der Waals surface area contributed by atoms with Crippen LogP contribution in [0.1, 0.15) is 54.3 Å². The van der Waals surface area contributed by atoms with Crippen LogP contribution < -0.4 is 0 Å². The van der Waals surface area contributed by atoms with E-state index >= 15 is 0 Å². The van der Waals surface area contributed by atoms with Crippen molar-refractivity contribution < 1.29 is 19.1 Å². The van der Waals surface area contributed by atoms with Gasteiger partial charge in [0.05, 0.1) is 6.61 Å². The molecule has 1 aliphatic carbocycles. The quantitative estimate of drug-likeness (QED) is 0.632. The zero-order valence-corrected chi connectivity index (χ0v) is 12.6. The molecule has 0 amide bonds. The fraction of sp³-hybridized carbons (Fsp3) is 0.353. The molecule has 0 fully saturated rings. The smallest absolute Gasteiger partial charge is 0.302 e. The maximum atomic E-state index is 11.5. The minimum atomic E-state index is -0.182. The van der Waals surface area contributed by atoms with Gasteiger partial charge in [-0.15, -0.1) is 0 Å². The number of hydrogen-bond donors (Lipinski definition) is 0. The van der Waals surface area contributed by atoms with Crippen LogP contribution in [0.5, 0.6) is 0 Å². The Bertz CT molecular complexity index is 570. The minimum Gasteiger partial charge on any atom is -0.466 e. The van der Waals surface area contributed by atoms with Gasteiger partial charge in [-0.05, 0) is 19.4 Å². The Morgan fingerprint density at radius 2 is 1.76 bits per heavy atom. The molecule has 0 radical (unpaired) electrons. The highest BCUT2D eigenvalue weighted by molar-refractivity contribution is 6.24. The average molecular weight is 288 g/mol. The van der Waals surface area contributed by atoms with Crippen molar-refractivity contribution in [2.45, 2.75) is 33.6 Å². The first-order valence-electron chi connectivity index (χ1n) is 6.97. The van der Waals surface area contributed by atoms with Crippen LogP contribution in [0.25, 0.3) is 0 Å². The third-order valence-electron chi connectivity index (χ3n) is 2.95. The largest absolute Gasteiger partial charge is 0.466 e. The molecular weight excluding hydrogens is 268 g/mol. The zero-order valence-electron chi connectivity index (χ0n) is 12.6. The molecule has 4 nitrogen and oxygen atoms in total. The number of carbonyl (C=O) groups excluding carboxylic acids is 3. The molecule has 0 aliphatic heterocycles. The van der Waals surface area contributed by atoms with Crippen molar-refractivity contribution >= 4 is 17.5 Å². The molecule has 4 heteroatoms. The van der Waals surface area contributed by atoms with Crippen molar-refractivity contribution in [1.82, 2.24) is 0 Å². The predicted octanol–water partition coefficient (Wildman–Crippen LogP) is 3.36. The van der Waals surface area contributed by atoms with Gasteiger partial charge in [0.25, 0.3) is 0 Å². The number of ether oxygens (including phenoxy) is 1. The second-order valence-corrected chi connectivity index (χ2v) is 4.76. The minimum absolute atomic E-state index is 0.0461. The molecule has 1 aromatic rings. The number of unbranched alkanes of at least 4 members (excludes halogenated alkanes) is 1. The summed E-state index contributed by atoms with van der Waals surface area (Å²) in [6.07, 6.45) is 3.44. The van der Waals surface area contributed by atoms with Crippen LogP contribution in [0, 0.1) is 0 Å². The van der Waals surface area contributed by atoms with Gasteiger partial charge in [-0.2, -0.15) is 0 Å². The lowest BCUT2D eigenvalue weighted by molar-refractivity contribution is -0.141. The van der Waals surface area contributed by atoms with Crippen LogP contribution in [0.15, 0.2) is 35.9 Å². The van der Waals surface area contributed by atoms with Gasteiger partial charge >= 0.3 is 5.97 Å². The second kappa shape index (κ2) is 8.15. The van der Waals surface area contributed by atoms with Crippen molar-refractivity contribution in [2.24, 2.45) is 0 Å². The molecule has 1 aromatic carbocycles. The van der Waals surface area contributed by atoms with Gasteiger partial charge in [0.15, 0.2) is 11.6 Å². The summed E-state index contributed by atoms with van der Waals surface area (Å²) in [5.41, 5.74) is 1.55. The Kier molecular flexibility index (Phi) is 6.53. The number of hydrogen-bond acceptors (Lipinski definition) is 4. The van der Waals surface area contributed by atoms with Gasteiger partial charge < -0.3 is 4.74 Å². The molecule has 112 valence electrons. The summed E-state index contributed by atoms with van der Waals surface area (Å²) >= 11 is 0. The number of rotatable bonds is 3. The van der Waals surface area contributed by atoms with Gasteiger partial charge in [0.2, 0.25) is 0 Å². The van der Waals surface area contributed by atoms with E-state index in [2.05, 4.69) is 11.7 Å². The number of allylic oxidation sites excluding steroid dienone is 2. The predicted molar refractivity (Wildman–Crippen MR) is 80.4 cm³/mol. The standard InChI is InChI=1S/C11H8O2.C6H12O2/c1-7-6-10(12)8-4-2-3-5-9(8)11(7)13;1-3-4-5-8-6(2)7/h2-6H,1H3;3-5H2,1-2H3. The van der Waals surface area contributed by atoms with E-state index in [0.29, 0.717) is 23.3 Å². The highest BCUT2D eigenvalue weighted by atomic mass is 16.5. The van der Waals surface area contributed by atoms with E-state index in [4.69, 9.17) is 0 Å². The summed E-state index contributed by atoms with van der Waals surface area (Å²) in [6, 6.07) is 6.89. The molecule has 0 atom stereocenters. The normalized spacial score (nSPS) is 12.8. The van der Waals surface area contributed by atoms with E-state index in [9.17, 15) is 14.4 Å². The molecular formula is C17H20O4. The molecule has 0 N–H and O–H groups in total. The first kappa shape index (κ1) is 16.8. The molecule has 0 bridgehead atoms. The summed E-state index contributed by atoms with van der Waals surface area (Å²) in [5.74, 6) is -0.304. The molecule has 0 saturated carbocycles. The molecule has 21 heavy (non-hydrogen) atoms. The van der Waals surface area contributed by atoms with E-state index in [1.807, 2.05) is 0 Å². The van der Waals surface area contributed by atoms with Crippen molar-refractivity contribution in [2.75, 3.05) is 6.61 Å². The molecule has 0 aromatic heterocycles. The third kappa shape index (κ3) is 4.99. The number of benzene rings is 1. The Labute approximate surface area is 124 Å². The second-order valence-electron chi connectivity index (χ2n) is 4.76. The molecule has 0 unspecified atom stereocenters. The van der Waals surface area contributed by atoms with E-state index in [1.165, 1.54) is 13.0 Å². The number of ketones is 2. The van der Waals surface area contributed by atoms with Crippen LogP contribution in [0.2, 0.25) is 0 Å². The van der Waals surface area contributed by atoms with Gasteiger partial charge in [0, 0.05) is 23.6 Å². The Balaban J connectivity index is 0.000000240. The highest BCUT2D eigenvalue weighted by Gasteiger charge is 2.21. The lowest BCUT2D eigenvalue weighted by atomic mass is 9.90. The van der Waals surface area contributed by atoms with E-state index < -0.39 is 0 Å². The van der Waals surface area contributed by atoms with Crippen LogP contribution in [0.3, 0.4) is 0 Å². The Morgan fingerprint density at radius 3 is 2.33 bits per heavy atom. The summed E-state index contributed by atoms with van der Waals surface area (Å²) in [7, 11) is 0. The maximum absolute atomic E-state index is 11.5. The van der Waals surface area contributed by atoms with Gasteiger partial charge in [-0.3, -0.25) is 14.4 Å². The lowest BCUT2D eigenvalue weighted by Crippen LogP contribution is -2.14. The van der Waals surface area contributed by atoms with Gasteiger partial charge in [-0.1, -0.05) is 37.6 Å². The first-order chi connectivity index (χ1) is 9.97. The fourth-order valence-electron chi connectivity index (χ4n) is 1.81. The number of fused-ring (bicyclic) bond motifs is 1. The van der Waals surface area contributed by atoms with Crippen LogP contribution in [0.4, 0.5) is 0 Å². The SMILES string of the molecule is CC1=CC(=O)c2ccccc2C1=O.CCCCOC(C)=O. The van der Waals surface area contributed by atoms with Gasteiger partial charge in [0.1, 0.15) is 0 Å². The molecule has 0 spiro atoms. The zero-order chi connectivity index (χ0) is 15.8.